The van der Waals surface area contributed by atoms with Crippen LogP contribution in [0.3, 0.4) is 0 Å². The van der Waals surface area contributed by atoms with Crippen LogP contribution in [0.2, 0.25) is 0 Å². The van der Waals surface area contributed by atoms with Crippen molar-refractivity contribution < 1.29 is 14.4 Å². The topological polar surface area (TPSA) is 71.4 Å². The molecule has 6 nitrogen and oxygen atoms in total. The Morgan fingerprint density at radius 3 is 2.85 bits per heavy atom. The molecule has 2 aliphatic rings. The number of hydrogen-bond donors (Lipinski definition) is 1. The number of benzene rings is 1. The zero-order chi connectivity index (χ0) is 19.1. The molecular formula is C21H25N3O3. The molecule has 0 aliphatic carbocycles. The SMILES string of the molecule is CCc1cccc2c(C(C)=O)cn(CC(=O)N3CC[C@@H]4NC(=O)C[C@@H]4C3)c12. The minimum absolute atomic E-state index is 0.0100. The van der Waals surface area contributed by atoms with Crippen LogP contribution in [0.15, 0.2) is 24.4 Å². The lowest BCUT2D eigenvalue weighted by molar-refractivity contribution is -0.133. The van der Waals surface area contributed by atoms with Crippen molar-refractivity contribution in [3.05, 3.63) is 35.5 Å². The largest absolute Gasteiger partial charge is 0.353 e. The van der Waals surface area contributed by atoms with E-state index >= 15 is 0 Å². The van der Waals surface area contributed by atoms with Gasteiger partial charge in [-0.3, -0.25) is 14.4 Å². The molecule has 0 bridgehead atoms. The molecule has 2 amide bonds. The summed E-state index contributed by atoms with van der Waals surface area (Å²) >= 11 is 0. The maximum absolute atomic E-state index is 13.0. The van der Waals surface area contributed by atoms with Crippen LogP contribution in [-0.4, -0.2) is 46.2 Å². The number of aromatic nitrogens is 1. The van der Waals surface area contributed by atoms with E-state index in [4.69, 9.17) is 0 Å². The monoisotopic (exact) mass is 367 g/mol. The number of aryl methyl sites for hydroxylation is 1. The molecule has 1 aromatic heterocycles. The third-order valence-electron chi connectivity index (χ3n) is 5.93. The maximum Gasteiger partial charge on any atom is 0.242 e. The van der Waals surface area contributed by atoms with Crippen LogP contribution in [0.25, 0.3) is 10.9 Å². The van der Waals surface area contributed by atoms with E-state index < -0.39 is 0 Å². The third-order valence-corrected chi connectivity index (χ3v) is 5.93. The van der Waals surface area contributed by atoms with Gasteiger partial charge in [-0.15, -0.1) is 0 Å². The van der Waals surface area contributed by atoms with Crippen LogP contribution < -0.4 is 5.32 Å². The zero-order valence-electron chi connectivity index (χ0n) is 15.8. The first-order valence-electron chi connectivity index (χ1n) is 9.66. The molecule has 0 unspecified atom stereocenters. The van der Waals surface area contributed by atoms with E-state index in [1.54, 1.807) is 6.92 Å². The van der Waals surface area contributed by atoms with Gasteiger partial charge in [-0.1, -0.05) is 25.1 Å². The number of nitrogens with one attached hydrogen (secondary N) is 1. The number of nitrogens with zero attached hydrogens (tertiary/aromatic N) is 2. The standard InChI is InChI=1S/C21H25N3O3/c1-3-14-5-4-6-16-17(13(2)25)11-24(21(14)16)12-20(27)23-8-7-18-15(10-23)9-19(26)22-18/h4-6,11,15,18H,3,7-10,12H2,1-2H3,(H,22,26)/t15-,18+/m1/s1. The second-order valence-corrected chi connectivity index (χ2v) is 7.66. The zero-order valence-corrected chi connectivity index (χ0v) is 15.8. The summed E-state index contributed by atoms with van der Waals surface area (Å²) in [5.74, 6) is 0.367. The quantitative estimate of drug-likeness (QED) is 0.842. The molecule has 0 spiro atoms. The Hall–Kier alpha value is -2.63. The molecule has 2 atom stereocenters. The number of fused-ring (bicyclic) bond motifs is 2. The minimum Gasteiger partial charge on any atom is -0.353 e. The molecule has 27 heavy (non-hydrogen) atoms. The predicted octanol–water partition coefficient (Wildman–Crippen LogP) is 2.14. The lowest BCUT2D eigenvalue weighted by Crippen LogP contribution is -2.47. The smallest absolute Gasteiger partial charge is 0.242 e. The number of ketones is 1. The molecule has 3 heterocycles. The summed E-state index contributed by atoms with van der Waals surface area (Å²) in [6.45, 7) is 5.16. The van der Waals surface area contributed by atoms with Gasteiger partial charge in [0.1, 0.15) is 6.54 Å². The Kier molecular flexibility index (Phi) is 4.50. The van der Waals surface area contributed by atoms with Crippen molar-refractivity contribution in [2.75, 3.05) is 13.1 Å². The number of piperidine rings is 1. The molecule has 0 saturated carbocycles. The molecular weight excluding hydrogens is 342 g/mol. The molecule has 0 radical (unpaired) electrons. The van der Waals surface area contributed by atoms with Crippen molar-refractivity contribution in [1.29, 1.82) is 0 Å². The van der Waals surface area contributed by atoms with Crippen molar-refractivity contribution in [3.8, 4) is 0 Å². The lowest BCUT2D eigenvalue weighted by atomic mass is 9.93. The van der Waals surface area contributed by atoms with E-state index in [0.29, 0.717) is 25.1 Å². The van der Waals surface area contributed by atoms with Gasteiger partial charge in [0.25, 0.3) is 0 Å². The number of hydrogen-bond acceptors (Lipinski definition) is 3. The van der Waals surface area contributed by atoms with Crippen LogP contribution in [0.5, 0.6) is 0 Å². The molecule has 2 aromatic rings. The Morgan fingerprint density at radius 1 is 1.30 bits per heavy atom. The van der Waals surface area contributed by atoms with Gasteiger partial charge in [0.2, 0.25) is 11.8 Å². The number of para-hydroxylation sites is 1. The number of Topliss-reactive ketones (excluding diaryl/α,β-unsaturated/α-hetero) is 1. The second kappa shape index (κ2) is 6.83. The number of likely N-dealkylation sites (tertiary alicyclic amines) is 1. The molecule has 6 heteroatoms. The number of carbonyl (C=O) groups is 3. The van der Waals surface area contributed by atoms with Crippen molar-refractivity contribution in [2.24, 2.45) is 5.92 Å². The van der Waals surface area contributed by atoms with Gasteiger partial charge >= 0.3 is 0 Å². The number of amides is 2. The summed E-state index contributed by atoms with van der Waals surface area (Å²) in [6, 6.07) is 6.18. The Balaban J connectivity index is 1.60. The van der Waals surface area contributed by atoms with Gasteiger partial charge < -0.3 is 14.8 Å². The molecule has 2 aliphatic heterocycles. The highest BCUT2D eigenvalue weighted by Gasteiger charge is 2.38. The van der Waals surface area contributed by atoms with E-state index in [0.717, 1.165) is 29.3 Å². The lowest BCUT2D eigenvalue weighted by Gasteiger charge is -2.34. The fourth-order valence-electron chi connectivity index (χ4n) is 4.53. The highest BCUT2D eigenvalue weighted by Crippen LogP contribution is 2.28. The summed E-state index contributed by atoms with van der Waals surface area (Å²) in [7, 11) is 0. The molecule has 1 N–H and O–H groups in total. The van der Waals surface area contributed by atoms with E-state index in [-0.39, 0.29) is 36.1 Å². The molecule has 4 rings (SSSR count). The third kappa shape index (κ3) is 3.13. The Labute approximate surface area is 158 Å². The fourth-order valence-corrected chi connectivity index (χ4v) is 4.53. The van der Waals surface area contributed by atoms with Crippen LogP contribution in [-0.2, 0) is 22.6 Å². The highest BCUT2D eigenvalue weighted by atomic mass is 16.2. The van der Waals surface area contributed by atoms with Gasteiger partial charge in [-0.2, -0.15) is 0 Å². The summed E-state index contributed by atoms with van der Waals surface area (Å²) in [4.78, 5) is 38.5. The van der Waals surface area contributed by atoms with Gasteiger partial charge in [0.05, 0.1) is 5.52 Å². The van der Waals surface area contributed by atoms with Gasteiger partial charge in [-0.05, 0) is 25.3 Å². The van der Waals surface area contributed by atoms with E-state index in [9.17, 15) is 14.4 Å². The van der Waals surface area contributed by atoms with Crippen molar-refractivity contribution in [3.63, 3.8) is 0 Å². The molecule has 2 saturated heterocycles. The van der Waals surface area contributed by atoms with Crippen molar-refractivity contribution in [1.82, 2.24) is 14.8 Å². The van der Waals surface area contributed by atoms with Crippen LogP contribution in [0.1, 0.15) is 42.6 Å². The summed E-state index contributed by atoms with van der Waals surface area (Å²) in [5, 5.41) is 3.92. The maximum atomic E-state index is 13.0. The molecule has 1 aromatic carbocycles. The van der Waals surface area contributed by atoms with Gasteiger partial charge in [0.15, 0.2) is 5.78 Å². The summed E-state index contributed by atoms with van der Waals surface area (Å²) < 4.78 is 1.93. The summed E-state index contributed by atoms with van der Waals surface area (Å²) in [5.41, 5.74) is 2.78. The molecule has 2 fully saturated rings. The van der Waals surface area contributed by atoms with Crippen molar-refractivity contribution >= 4 is 28.5 Å². The number of rotatable bonds is 4. The normalized spacial score (nSPS) is 22.0. The first kappa shape index (κ1) is 17.8. The van der Waals surface area contributed by atoms with Crippen LogP contribution >= 0.6 is 0 Å². The average molecular weight is 367 g/mol. The van der Waals surface area contributed by atoms with Crippen LogP contribution in [0, 0.1) is 5.92 Å². The average Bonchev–Trinajstić information content (AvgIpc) is 3.20. The molecule has 142 valence electrons. The van der Waals surface area contributed by atoms with Gasteiger partial charge in [0, 0.05) is 48.6 Å². The van der Waals surface area contributed by atoms with E-state index in [1.807, 2.05) is 27.8 Å². The first-order chi connectivity index (χ1) is 13.0. The first-order valence-corrected chi connectivity index (χ1v) is 9.66. The highest BCUT2D eigenvalue weighted by molar-refractivity contribution is 6.07. The fraction of sp³-hybridized carbons (Fsp3) is 0.476. The van der Waals surface area contributed by atoms with E-state index in [1.165, 1.54) is 0 Å². The second-order valence-electron chi connectivity index (χ2n) is 7.66. The van der Waals surface area contributed by atoms with Crippen LogP contribution in [0.4, 0.5) is 0 Å². The summed E-state index contributed by atoms with van der Waals surface area (Å²) in [6.07, 6.45) is 3.98. The predicted molar refractivity (Wildman–Crippen MR) is 103 cm³/mol. The Bertz CT molecular complexity index is 930. The van der Waals surface area contributed by atoms with Gasteiger partial charge in [-0.25, -0.2) is 0 Å². The van der Waals surface area contributed by atoms with Crippen molar-refractivity contribution in [2.45, 2.75) is 45.7 Å². The minimum atomic E-state index is 0.0100. The van der Waals surface area contributed by atoms with E-state index in [2.05, 4.69) is 18.3 Å². The Morgan fingerprint density at radius 2 is 2.11 bits per heavy atom. The number of carbonyl (C=O) groups excluding carboxylic acids is 3.